The predicted molar refractivity (Wildman–Crippen MR) is 105 cm³/mol. The SMILES string of the molecule is Cc1nc(COc2ccc(C(=O)NNC(=O)c3ccc4c(c3)OCO4)cc2)cs1. The van der Waals surface area contributed by atoms with Gasteiger partial charge in [0.15, 0.2) is 11.5 Å². The van der Waals surface area contributed by atoms with E-state index in [1.165, 1.54) is 0 Å². The zero-order valence-corrected chi connectivity index (χ0v) is 16.2. The van der Waals surface area contributed by atoms with Gasteiger partial charge in [0.25, 0.3) is 11.8 Å². The number of nitrogens with one attached hydrogen (secondary N) is 2. The Bertz CT molecular complexity index is 1050. The Kier molecular flexibility index (Phi) is 5.30. The van der Waals surface area contributed by atoms with Crippen molar-refractivity contribution in [2.75, 3.05) is 6.79 Å². The smallest absolute Gasteiger partial charge is 0.269 e. The molecule has 1 aromatic heterocycles. The van der Waals surface area contributed by atoms with Crippen LogP contribution in [-0.4, -0.2) is 23.6 Å². The maximum atomic E-state index is 12.2. The zero-order chi connectivity index (χ0) is 20.2. The Morgan fingerprint density at radius 2 is 1.72 bits per heavy atom. The molecule has 0 aliphatic carbocycles. The first-order valence-corrected chi connectivity index (χ1v) is 9.60. The Morgan fingerprint density at radius 1 is 1.03 bits per heavy atom. The fourth-order valence-corrected chi connectivity index (χ4v) is 3.23. The van der Waals surface area contributed by atoms with Gasteiger partial charge >= 0.3 is 0 Å². The lowest BCUT2D eigenvalue weighted by atomic mass is 10.2. The van der Waals surface area contributed by atoms with Gasteiger partial charge in [0.1, 0.15) is 12.4 Å². The van der Waals surface area contributed by atoms with Gasteiger partial charge in [0, 0.05) is 16.5 Å². The average molecular weight is 411 g/mol. The van der Waals surface area contributed by atoms with Gasteiger partial charge in [-0.05, 0) is 49.4 Å². The van der Waals surface area contributed by atoms with Crippen LogP contribution in [0.1, 0.15) is 31.4 Å². The molecule has 3 aromatic rings. The molecule has 0 saturated carbocycles. The van der Waals surface area contributed by atoms with Gasteiger partial charge < -0.3 is 14.2 Å². The topological polar surface area (TPSA) is 98.8 Å². The fraction of sp³-hybridized carbons (Fsp3) is 0.150. The number of thiazole rings is 1. The second-order valence-electron chi connectivity index (χ2n) is 6.15. The van der Waals surface area contributed by atoms with E-state index in [4.69, 9.17) is 14.2 Å². The van der Waals surface area contributed by atoms with E-state index in [1.54, 1.807) is 53.8 Å². The summed E-state index contributed by atoms with van der Waals surface area (Å²) in [6.45, 7) is 2.43. The van der Waals surface area contributed by atoms with Gasteiger partial charge in [-0.25, -0.2) is 4.98 Å². The van der Waals surface area contributed by atoms with Crippen molar-refractivity contribution in [1.82, 2.24) is 15.8 Å². The van der Waals surface area contributed by atoms with Crippen LogP contribution in [0.3, 0.4) is 0 Å². The van der Waals surface area contributed by atoms with Crippen molar-refractivity contribution in [3.63, 3.8) is 0 Å². The number of fused-ring (bicyclic) bond motifs is 1. The van der Waals surface area contributed by atoms with Crippen LogP contribution in [0.15, 0.2) is 47.8 Å². The van der Waals surface area contributed by atoms with E-state index in [1.807, 2.05) is 12.3 Å². The van der Waals surface area contributed by atoms with E-state index in [0.717, 1.165) is 10.7 Å². The normalized spacial score (nSPS) is 11.8. The van der Waals surface area contributed by atoms with Gasteiger partial charge in [-0.2, -0.15) is 0 Å². The molecule has 8 nitrogen and oxygen atoms in total. The number of benzene rings is 2. The molecule has 9 heteroatoms. The van der Waals surface area contributed by atoms with Crippen LogP contribution < -0.4 is 25.1 Å². The van der Waals surface area contributed by atoms with E-state index in [2.05, 4.69) is 15.8 Å². The summed E-state index contributed by atoms with van der Waals surface area (Å²) < 4.78 is 16.1. The lowest BCUT2D eigenvalue weighted by Gasteiger charge is -2.09. The molecular weight excluding hydrogens is 394 g/mol. The highest BCUT2D eigenvalue weighted by Gasteiger charge is 2.16. The number of rotatable bonds is 5. The number of aromatic nitrogens is 1. The second-order valence-corrected chi connectivity index (χ2v) is 7.21. The minimum atomic E-state index is -0.463. The Balaban J connectivity index is 1.29. The number of carbonyl (C=O) groups excluding carboxylic acids is 2. The Hall–Kier alpha value is -3.59. The minimum absolute atomic E-state index is 0.125. The van der Waals surface area contributed by atoms with Crippen LogP contribution in [-0.2, 0) is 6.61 Å². The van der Waals surface area contributed by atoms with Crippen molar-refractivity contribution in [3.05, 3.63) is 69.7 Å². The molecule has 0 unspecified atom stereocenters. The summed E-state index contributed by atoms with van der Waals surface area (Å²) in [5.41, 5.74) is 6.35. The summed E-state index contributed by atoms with van der Waals surface area (Å²) in [6.07, 6.45) is 0. The van der Waals surface area contributed by atoms with Gasteiger partial charge in [-0.3, -0.25) is 20.4 Å². The van der Waals surface area contributed by atoms with E-state index >= 15 is 0 Å². The summed E-state index contributed by atoms with van der Waals surface area (Å²) in [7, 11) is 0. The minimum Gasteiger partial charge on any atom is -0.487 e. The standard InChI is InChI=1S/C20H17N3O5S/c1-12-21-15(10-29-12)9-26-16-5-2-13(3-6-16)19(24)22-23-20(25)14-4-7-17-18(8-14)28-11-27-17/h2-8,10H,9,11H2,1H3,(H,22,24)(H,23,25). The average Bonchev–Trinajstić information content (AvgIpc) is 3.38. The third-order valence-corrected chi connectivity index (χ3v) is 4.92. The van der Waals surface area contributed by atoms with Crippen molar-refractivity contribution in [3.8, 4) is 17.2 Å². The maximum Gasteiger partial charge on any atom is 0.269 e. The van der Waals surface area contributed by atoms with Crippen molar-refractivity contribution in [2.24, 2.45) is 0 Å². The zero-order valence-electron chi connectivity index (χ0n) is 15.4. The molecule has 2 amide bonds. The van der Waals surface area contributed by atoms with Crippen LogP contribution in [0, 0.1) is 6.92 Å². The molecule has 148 valence electrons. The van der Waals surface area contributed by atoms with E-state index < -0.39 is 11.8 Å². The molecule has 4 rings (SSSR count). The molecule has 1 aliphatic heterocycles. The number of hydrazine groups is 1. The molecule has 0 radical (unpaired) electrons. The van der Waals surface area contributed by atoms with Gasteiger partial charge in [-0.1, -0.05) is 0 Å². The molecule has 0 spiro atoms. The first kappa shape index (κ1) is 18.8. The summed E-state index contributed by atoms with van der Waals surface area (Å²) >= 11 is 1.57. The first-order valence-electron chi connectivity index (χ1n) is 8.73. The fourth-order valence-electron chi connectivity index (χ4n) is 2.63. The molecule has 0 fully saturated rings. The van der Waals surface area contributed by atoms with Crippen molar-refractivity contribution in [2.45, 2.75) is 13.5 Å². The monoisotopic (exact) mass is 411 g/mol. The number of amides is 2. The number of carbonyl (C=O) groups is 2. The summed E-state index contributed by atoms with van der Waals surface area (Å²) in [6, 6.07) is 11.4. The first-order chi connectivity index (χ1) is 14.1. The van der Waals surface area contributed by atoms with Crippen molar-refractivity contribution >= 4 is 23.2 Å². The highest BCUT2D eigenvalue weighted by molar-refractivity contribution is 7.09. The Morgan fingerprint density at radius 3 is 2.45 bits per heavy atom. The van der Waals surface area contributed by atoms with Gasteiger partial charge in [0.2, 0.25) is 6.79 Å². The van der Waals surface area contributed by atoms with Crippen molar-refractivity contribution in [1.29, 1.82) is 0 Å². The summed E-state index contributed by atoms with van der Waals surface area (Å²) in [4.78, 5) is 28.8. The molecule has 0 bridgehead atoms. The van der Waals surface area contributed by atoms with Crippen LogP contribution in [0.4, 0.5) is 0 Å². The van der Waals surface area contributed by atoms with E-state index in [0.29, 0.717) is 35.0 Å². The molecular formula is C20H17N3O5S. The second kappa shape index (κ2) is 8.19. The number of hydrogen-bond donors (Lipinski definition) is 2. The largest absolute Gasteiger partial charge is 0.487 e. The molecule has 0 saturated heterocycles. The summed E-state index contributed by atoms with van der Waals surface area (Å²) in [5.74, 6) is 0.790. The van der Waals surface area contributed by atoms with E-state index in [9.17, 15) is 9.59 Å². The van der Waals surface area contributed by atoms with Crippen LogP contribution >= 0.6 is 11.3 Å². The maximum absolute atomic E-state index is 12.2. The highest BCUT2D eigenvalue weighted by atomic mass is 32.1. The summed E-state index contributed by atoms with van der Waals surface area (Å²) in [5, 5.41) is 2.93. The van der Waals surface area contributed by atoms with Crippen LogP contribution in [0.25, 0.3) is 0 Å². The van der Waals surface area contributed by atoms with E-state index in [-0.39, 0.29) is 6.79 Å². The third kappa shape index (κ3) is 4.46. The van der Waals surface area contributed by atoms with Gasteiger partial charge in [0.05, 0.1) is 10.7 Å². The molecule has 1 aliphatic rings. The van der Waals surface area contributed by atoms with Crippen molar-refractivity contribution < 1.29 is 23.8 Å². The number of ether oxygens (including phenoxy) is 3. The van der Waals surface area contributed by atoms with Crippen LogP contribution in [0.2, 0.25) is 0 Å². The highest BCUT2D eigenvalue weighted by Crippen LogP contribution is 2.32. The number of nitrogens with zero attached hydrogens (tertiary/aromatic N) is 1. The van der Waals surface area contributed by atoms with Crippen LogP contribution in [0.5, 0.6) is 17.2 Å². The molecule has 0 atom stereocenters. The molecule has 2 N–H and O–H groups in total. The molecule has 2 heterocycles. The third-order valence-electron chi connectivity index (χ3n) is 4.09. The predicted octanol–water partition coefficient (Wildman–Crippen LogP) is 2.83. The Labute approximate surface area is 170 Å². The molecule has 29 heavy (non-hydrogen) atoms. The lowest BCUT2D eigenvalue weighted by Crippen LogP contribution is -2.41. The number of aryl methyl sites for hydroxylation is 1. The number of hydrogen-bond acceptors (Lipinski definition) is 7. The van der Waals surface area contributed by atoms with Gasteiger partial charge in [-0.15, -0.1) is 11.3 Å². The molecule has 2 aromatic carbocycles. The quantitative estimate of drug-likeness (QED) is 0.627. The lowest BCUT2D eigenvalue weighted by molar-refractivity contribution is 0.0846.